The van der Waals surface area contributed by atoms with E-state index in [-0.39, 0.29) is 12.5 Å². The molecule has 0 N–H and O–H groups in total. The molecule has 0 spiro atoms. The van der Waals surface area contributed by atoms with E-state index in [9.17, 15) is 4.79 Å². The number of allylic oxidation sites excluding steroid dienone is 1. The average Bonchev–Trinajstić information content (AvgIpc) is 2.67. The Morgan fingerprint density at radius 1 is 1.12 bits per heavy atom. The number of amides is 1. The highest BCUT2D eigenvalue weighted by Crippen LogP contribution is 2.28. The van der Waals surface area contributed by atoms with Gasteiger partial charge in [0.05, 0.1) is 7.11 Å². The summed E-state index contributed by atoms with van der Waals surface area (Å²) >= 11 is 0. The smallest absolute Gasteiger partial charge is 0.260 e. The van der Waals surface area contributed by atoms with Crippen LogP contribution in [-0.2, 0) is 11.2 Å². The van der Waals surface area contributed by atoms with Crippen LogP contribution in [-0.4, -0.2) is 38.1 Å². The fraction of sp³-hybridized carbons (Fsp3) is 0.318. The summed E-state index contributed by atoms with van der Waals surface area (Å²) in [5.74, 6) is 1.16. The average molecular weight is 353 g/mol. The Morgan fingerprint density at radius 3 is 2.58 bits per heavy atom. The van der Waals surface area contributed by atoms with Gasteiger partial charge in [0.15, 0.2) is 18.1 Å². The number of aryl methyl sites for hydroxylation is 1. The van der Waals surface area contributed by atoms with Crippen LogP contribution < -0.4 is 9.47 Å². The van der Waals surface area contributed by atoms with E-state index < -0.39 is 0 Å². The van der Waals surface area contributed by atoms with Crippen LogP contribution in [0.4, 0.5) is 0 Å². The van der Waals surface area contributed by atoms with Crippen molar-refractivity contribution in [3.63, 3.8) is 0 Å². The molecule has 4 nitrogen and oxygen atoms in total. The topological polar surface area (TPSA) is 38.8 Å². The SMILES string of the molecule is C/C=C/c1ccc(OCC(=O)N(C)CCCc2ccccc2)c(OC)c1. The van der Waals surface area contributed by atoms with E-state index in [1.165, 1.54) is 5.56 Å². The van der Waals surface area contributed by atoms with Gasteiger partial charge in [0.2, 0.25) is 0 Å². The Hall–Kier alpha value is -2.75. The number of nitrogens with zero attached hydrogens (tertiary/aromatic N) is 1. The second-order valence-electron chi connectivity index (χ2n) is 6.10. The molecule has 0 aromatic heterocycles. The number of likely N-dealkylation sites (N-methyl/N-ethyl adjacent to an activating group) is 1. The molecule has 0 bridgehead atoms. The molecule has 4 heteroatoms. The van der Waals surface area contributed by atoms with Crippen LogP contribution >= 0.6 is 0 Å². The summed E-state index contributed by atoms with van der Waals surface area (Å²) in [6.07, 6.45) is 5.83. The van der Waals surface area contributed by atoms with Crippen LogP contribution in [0, 0.1) is 0 Å². The summed E-state index contributed by atoms with van der Waals surface area (Å²) in [6, 6.07) is 15.9. The Morgan fingerprint density at radius 2 is 1.88 bits per heavy atom. The monoisotopic (exact) mass is 353 g/mol. The van der Waals surface area contributed by atoms with Crippen molar-refractivity contribution < 1.29 is 14.3 Å². The zero-order valence-electron chi connectivity index (χ0n) is 15.8. The molecule has 0 saturated carbocycles. The number of methoxy groups -OCH3 is 1. The Bertz CT molecular complexity index is 725. The van der Waals surface area contributed by atoms with Gasteiger partial charge in [-0.3, -0.25) is 4.79 Å². The van der Waals surface area contributed by atoms with Crippen LogP contribution in [0.15, 0.2) is 54.6 Å². The fourth-order valence-electron chi connectivity index (χ4n) is 2.64. The summed E-state index contributed by atoms with van der Waals surface area (Å²) in [6.45, 7) is 2.67. The van der Waals surface area contributed by atoms with E-state index in [1.807, 2.05) is 62.5 Å². The van der Waals surface area contributed by atoms with Crippen molar-refractivity contribution >= 4 is 12.0 Å². The van der Waals surface area contributed by atoms with E-state index in [4.69, 9.17) is 9.47 Å². The summed E-state index contributed by atoms with van der Waals surface area (Å²) in [5.41, 5.74) is 2.32. The van der Waals surface area contributed by atoms with Gasteiger partial charge in [0.25, 0.3) is 5.91 Å². The highest BCUT2D eigenvalue weighted by Gasteiger charge is 2.12. The van der Waals surface area contributed by atoms with Gasteiger partial charge in [-0.25, -0.2) is 0 Å². The first-order valence-electron chi connectivity index (χ1n) is 8.85. The first kappa shape index (κ1) is 19.6. The van der Waals surface area contributed by atoms with Gasteiger partial charge in [-0.1, -0.05) is 48.6 Å². The molecule has 0 aliphatic rings. The second kappa shape index (κ2) is 10.3. The van der Waals surface area contributed by atoms with Crippen LogP contribution in [0.25, 0.3) is 6.08 Å². The Kier molecular flexibility index (Phi) is 7.75. The lowest BCUT2D eigenvalue weighted by molar-refractivity contribution is -0.132. The third kappa shape index (κ3) is 5.96. The molecule has 0 radical (unpaired) electrons. The predicted molar refractivity (Wildman–Crippen MR) is 106 cm³/mol. The maximum atomic E-state index is 12.3. The first-order valence-corrected chi connectivity index (χ1v) is 8.85. The van der Waals surface area contributed by atoms with E-state index in [2.05, 4.69) is 12.1 Å². The molecule has 0 fully saturated rings. The van der Waals surface area contributed by atoms with E-state index >= 15 is 0 Å². The maximum Gasteiger partial charge on any atom is 0.260 e. The second-order valence-corrected chi connectivity index (χ2v) is 6.10. The maximum absolute atomic E-state index is 12.3. The molecule has 0 aliphatic heterocycles. The number of hydrogen-bond acceptors (Lipinski definition) is 3. The number of rotatable bonds is 9. The van der Waals surface area contributed by atoms with Gasteiger partial charge in [0, 0.05) is 13.6 Å². The largest absolute Gasteiger partial charge is 0.493 e. The van der Waals surface area contributed by atoms with Crippen molar-refractivity contribution in [3.05, 3.63) is 65.7 Å². The lowest BCUT2D eigenvalue weighted by atomic mass is 10.1. The highest BCUT2D eigenvalue weighted by atomic mass is 16.5. The van der Waals surface area contributed by atoms with Gasteiger partial charge in [-0.2, -0.15) is 0 Å². The molecule has 0 unspecified atom stereocenters. The van der Waals surface area contributed by atoms with Crippen LogP contribution in [0.5, 0.6) is 11.5 Å². The van der Waals surface area contributed by atoms with Crippen molar-refractivity contribution in [3.8, 4) is 11.5 Å². The molecule has 2 aromatic carbocycles. The number of benzene rings is 2. The molecule has 2 aromatic rings. The van der Waals surface area contributed by atoms with Gasteiger partial charge < -0.3 is 14.4 Å². The van der Waals surface area contributed by atoms with Crippen LogP contribution in [0.3, 0.4) is 0 Å². The summed E-state index contributed by atoms with van der Waals surface area (Å²) in [5, 5.41) is 0. The lowest BCUT2D eigenvalue weighted by Gasteiger charge is -2.18. The molecule has 0 atom stereocenters. The quantitative estimate of drug-likeness (QED) is 0.678. The Balaban J connectivity index is 1.81. The minimum Gasteiger partial charge on any atom is -0.493 e. The normalized spacial score (nSPS) is 10.7. The molecule has 0 aliphatic carbocycles. The molecule has 26 heavy (non-hydrogen) atoms. The third-order valence-electron chi connectivity index (χ3n) is 4.13. The van der Waals surface area contributed by atoms with Crippen molar-refractivity contribution in [1.82, 2.24) is 4.90 Å². The van der Waals surface area contributed by atoms with Gasteiger partial charge in [0.1, 0.15) is 0 Å². The van der Waals surface area contributed by atoms with Crippen molar-refractivity contribution in [2.45, 2.75) is 19.8 Å². The van der Waals surface area contributed by atoms with E-state index in [0.29, 0.717) is 18.0 Å². The summed E-state index contributed by atoms with van der Waals surface area (Å²) in [7, 11) is 3.40. The summed E-state index contributed by atoms with van der Waals surface area (Å²) < 4.78 is 11.0. The third-order valence-corrected chi connectivity index (χ3v) is 4.13. The predicted octanol–water partition coefficient (Wildman–Crippen LogP) is 4.20. The highest BCUT2D eigenvalue weighted by molar-refractivity contribution is 5.77. The van der Waals surface area contributed by atoms with Crippen molar-refractivity contribution in [2.24, 2.45) is 0 Å². The number of ether oxygens (including phenoxy) is 2. The standard InChI is InChI=1S/C22H27NO3/c1-4-9-19-13-14-20(21(16-19)25-3)26-17-22(24)23(2)15-8-12-18-10-6-5-7-11-18/h4-7,9-11,13-14,16H,8,12,15,17H2,1-3H3/b9-4+. The number of carbonyl (C=O) groups is 1. The molecular formula is C22H27NO3. The minimum absolute atomic E-state index is 0.00115. The van der Waals surface area contributed by atoms with Crippen LogP contribution in [0.1, 0.15) is 24.5 Å². The molecule has 0 heterocycles. The van der Waals surface area contributed by atoms with E-state index in [0.717, 1.165) is 18.4 Å². The van der Waals surface area contributed by atoms with Gasteiger partial charge in [-0.15, -0.1) is 0 Å². The van der Waals surface area contributed by atoms with Gasteiger partial charge >= 0.3 is 0 Å². The molecule has 138 valence electrons. The number of hydrogen-bond donors (Lipinski definition) is 0. The molecule has 1 amide bonds. The summed E-state index contributed by atoms with van der Waals surface area (Å²) in [4.78, 5) is 14.0. The Labute approximate surface area is 156 Å². The lowest BCUT2D eigenvalue weighted by Crippen LogP contribution is -2.32. The molecular weight excluding hydrogens is 326 g/mol. The number of carbonyl (C=O) groups excluding carboxylic acids is 1. The van der Waals surface area contributed by atoms with E-state index in [1.54, 1.807) is 12.0 Å². The molecule has 2 rings (SSSR count). The fourth-order valence-corrected chi connectivity index (χ4v) is 2.64. The molecule has 0 saturated heterocycles. The zero-order chi connectivity index (χ0) is 18.8. The minimum atomic E-state index is -0.0438. The zero-order valence-corrected chi connectivity index (χ0v) is 15.8. The first-order chi connectivity index (χ1) is 12.6. The van der Waals surface area contributed by atoms with Crippen molar-refractivity contribution in [2.75, 3.05) is 27.3 Å². The van der Waals surface area contributed by atoms with Crippen molar-refractivity contribution in [1.29, 1.82) is 0 Å². The van der Waals surface area contributed by atoms with Crippen LogP contribution in [0.2, 0.25) is 0 Å². The van der Waals surface area contributed by atoms with Gasteiger partial charge in [-0.05, 0) is 43.0 Å².